The highest BCUT2D eigenvalue weighted by Crippen LogP contribution is 2.23. The molecule has 1 unspecified atom stereocenters. The Morgan fingerprint density at radius 2 is 2.06 bits per heavy atom. The number of ketones is 1. The maximum absolute atomic E-state index is 12.1. The average molecular weight is 244 g/mol. The highest BCUT2D eigenvalue weighted by molar-refractivity contribution is 5.83. The summed E-state index contributed by atoms with van der Waals surface area (Å²) < 4.78 is 0. The fourth-order valence-corrected chi connectivity index (χ4v) is 2.78. The molecule has 0 bridgehead atoms. The first-order valence-corrected chi connectivity index (χ1v) is 7.34. The Labute approximate surface area is 111 Å². The molecule has 0 radical (unpaired) electrons. The summed E-state index contributed by atoms with van der Waals surface area (Å²) in [6.07, 6.45) is 7.70. The first-order chi connectivity index (χ1) is 8.70. The molecule has 0 spiro atoms. The van der Waals surface area contributed by atoms with Crippen LogP contribution in [0.4, 0.5) is 0 Å². The Kier molecular flexibility index (Phi) is 4.57. The summed E-state index contributed by atoms with van der Waals surface area (Å²) in [5.41, 5.74) is 4.18. The van der Waals surface area contributed by atoms with Crippen LogP contribution in [0.2, 0.25) is 0 Å². The molecule has 1 atom stereocenters. The van der Waals surface area contributed by atoms with Crippen LogP contribution >= 0.6 is 0 Å². The van der Waals surface area contributed by atoms with Crippen LogP contribution in [0.5, 0.6) is 0 Å². The molecule has 0 fully saturated rings. The van der Waals surface area contributed by atoms with Gasteiger partial charge in [-0.3, -0.25) is 4.79 Å². The van der Waals surface area contributed by atoms with Crippen molar-refractivity contribution in [2.24, 2.45) is 5.92 Å². The van der Waals surface area contributed by atoms with Gasteiger partial charge in [-0.05, 0) is 42.4 Å². The highest BCUT2D eigenvalue weighted by Gasteiger charge is 2.15. The number of hydrogen-bond acceptors (Lipinski definition) is 1. The van der Waals surface area contributed by atoms with E-state index in [-0.39, 0.29) is 5.92 Å². The smallest absolute Gasteiger partial charge is 0.140 e. The molecule has 1 heteroatoms. The van der Waals surface area contributed by atoms with Crippen molar-refractivity contribution >= 4 is 5.78 Å². The molecule has 0 N–H and O–H groups in total. The molecule has 0 saturated carbocycles. The Morgan fingerprint density at radius 1 is 1.28 bits per heavy atom. The molecule has 98 valence electrons. The molecule has 0 heterocycles. The van der Waals surface area contributed by atoms with E-state index in [2.05, 4.69) is 32.0 Å². The first kappa shape index (κ1) is 13.3. The van der Waals surface area contributed by atoms with E-state index in [4.69, 9.17) is 0 Å². The molecule has 0 amide bonds. The molecule has 0 aliphatic heterocycles. The highest BCUT2D eigenvalue weighted by atomic mass is 16.1. The maximum atomic E-state index is 12.1. The van der Waals surface area contributed by atoms with E-state index in [1.165, 1.54) is 42.4 Å². The van der Waals surface area contributed by atoms with Crippen molar-refractivity contribution in [3.8, 4) is 0 Å². The number of Topliss-reactive ketones (excluding diaryl/α,β-unsaturated/α-hetero) is 1. The van der Waals surface area contributed by atoms with Crippen molar-refractivity contribution in [3.05, 3.63) is 34.9 Å². The second-order valence-electron chi connectivity index (χ2n) is 5.64. The monoisotopic (exact) mass is 244 g/mol. The minimum absolute atomic E-state index is 0.221. The molecule has 1 aromatic carbocycles. The van der Waals surface area contributed by atoms with Crippen LogP contribution in [0.25, 0.3) is 0 Å². The van der Waals surface area contributed by atoms with E-state index in [1.54, 1.807) is 0 Å². The average Bonchev–Trinajstić information content (AvgIpc) is 2.83. The van der Waals surface area contributed by atoms with Gasteiger partial charge in [0.05, 0.1) is 0 Å². The van der Waals surface area contributed by atoms with Crippen molar-refractivity contribution < 1.29 is 4.79 Å². The van der Waals surface area contributed by atoms with Crippen molar-refractivity contribution in [2.45, 2.75) is 58.8 Å². The lowest BCUT2D eigenvalue weighted by Crippen LogP contribution is -2.13. The van der Waals surface area contributed by atoms with Gasteiger partial charge in [0.2, 0.25) is 0 Å². The van der Waals surface area contributed by atoms with Gasteiger partial charge >= 0.3 is 0 Å². The van der Waals surface area contributed by atoms with E-state index in [1.807, 2.05) is 0 Å². The number of carbonyl (C=O) groups excluding carboxylic acids is 1. The number of benzene rings is 1. The van der Waals surface area contributed by atoms with Gasteiger partial charge in [-0.2, -0.15) is 0 Å². The summed E-state index contributed by atoms with van der Waals surface area (Å²) in [6, 6.07) is 6.63. The Bertz CT molecular complexity index is 420. The third kappa shape index (κ3) is 3.22. The van der Waals surface area contributed by atoms with E-state index in [0.29, 0.717) is 12.2 Å². The van der Waals surface area contributed by atoms with E-state index in [0.717, 1.165) is 12.8 Å². The Balaban J connectivity index is 1.94. The lowest BCUT2D eigenvalue weighted by Gasteiger charge is -2.10. The van der Waals surface area contributed by atoms with E-state index in [9.17, 15) is 4.79 Å². The van der Waals surface area contributed by atoms with Gasteiger partial charge in [0.25, 0.3) is 0 Å². The summed E-state index contributed by atoms with van der Waals surface area (Å²) in [4.78, 5) is 12.1. The van der Waals surface area contributed by atoms with E-state index >= 15 is 0 Å². The molecule has 18 heavy (non-hydrogen) atoms. The van der Waals surface area contributed by atoms with Gasteiger partial charge in [0.1, 0.15) is 5.78 Å². The molecule has 2 rings (SSSR count). The second kappa shape index (κ2) is 6.17. The summed E-state index contributed by atoms with van der Waals surface area (Å²) in [6.45, 7) is 4.25. The number of carbonyl (C=O) groups is 1. The lowest BCUT2D eigenvalue weighted by molar-refractivity contribution is -0.121. The third-order valence-electron chi connectivity index (χ3n) is 4.08. The normalized spacial score (nSPS) is 15.4. The van der Waals surface area contributed by atoms with E-state index < -0.39 is 0 Å². The number of unbranched alkanes of at least 4 members (excludes halogenated alkanes) is 1. The van der Waals surface area contributed by atoms with Crippen LogP contribution in [0, 0.1) is 5.92 Å². The zero-order valence-corrected chi connectivity index (χ0v) is 11.7. The topological polar surface area (TPSA) is 17.1 Å². The van der Waals surface area contributed by atoms with Gasteiger partial charge in [-0.25, -0.2) is 0 Å². The zero-order chi connectivity index (χ0) is 13.0. The quantitative estimate of drug-likeness (QED) is 0.736. The summed E-state index contributed by atoms with van der Waals surface area (Å²) in [7, 11) is 0. The number of hydrogen-bond donors (Lipinski definition) is 0. The number of rotatable bonds is 6. The minimum Gasteiger partial charge on any atom is -0.299 e. The molecule has 1 nitrogen and oxygen atoms in total. The molecular formula is C17H24O. The summed E-state index contributed by atoms with van der Waals surface area (Å²) in [5, 5.41) is 0. The largest absolute Gasteiger partial charge is 0.299 e. The third-order valence-corrected chi connectivity index (χ3v) is 4.08. The van der Waals surface area contributed by atoms with Gasteiger partial charge < -0.3 is 0 Å². The first-order valence-electron chi connectivity index (χ1n) is 7.34. The van der Waals surface area contributed by atoms with Crippen LogP contribution < -0.4 is 0 Å². The van der Waals surface area contributed by atoms with Crippen LogP contribution in [-0.4, -0.2) is 5.78 Å². The standard InChI is InChI=1S/C17H24O/c1-3-4-6-13(2)17(18)12-14-9-10-15-7-5-8-16(15)11-14/h9-11,13H,3-8,12H2,1-2H3. The van der Waals surface area contributed by atoms with Crippen LogP contribution in [0.1, 0.15) is 56.2 Å². The van der Waals surface area contributed by atoms with Crippen LogP contribution in [0.15, 0.2) is 18.2 Å². The predicted octanol–water partition coefficient (Wildman–Crippen LogP) is 4.11. The lowest BCUT2D eigenvalue weighted by atomic mass is 9.94. The van der Waals surface area contributed by atoms with Crippen molar-refractivity contribution in [3.63, 3.8) is 0 Å². The fraction of sp³-hybridized carbons (Fsp3) is 0.588. The molecule has 0 aromatic heterocycles. The summed E-state index contributed by atoms with van der Waals surface area (Å²) >= 11 is 0. The van der Waals surface area contributed by atoms with Crippen molar-refractivity contribution in [1.82, 2.24) is 0 Å². The minimum atomic E-state index is 0.221. The van der Waals surface area contributed by atoms with Crippen LogP contribution in [0.3, 0.4) is 0 Å². The Hall–Kier alpha value is -1.11. The Morgan fingerprint density at radius 3 is 2.83 bits per heavy atom. The molecular weight excluding hydrogens is 220 g/mol. The molecule has 1 aliphatic rings. The molecule has 0 saturated heterocycles. The SMILES string of the molecule is CCCCC(C)C(=O)Cc1ccc2c(c1)CCC2. The van der Waals surface area contributed by atoms with Gasteiger partial charge in [-0.15, -0.1) is 0 Å². The molecule has 1 aromatic rings. The van der Waals surface area contributed by atoms with Crippen molar-refractivity contribution in [2.75, 3.05) is 0 Å². The second-order valence-corrected chi connectivity index (χ2v) is 5.64. The van der Waals surface area contributed by atoms with Crippen LogP contribution in [-0.2, 0) is 24.1 Å². The van der Waals surface area contributed by atoms with Gasteiger partial charge in [0.15, 0.2) is 0 Å². The number of aryl methyl sites for hydroxylation is 2. The fourth-order valence-electron chi connectivity index (χ4n) is 2.78. The zero-order valence-electron chi connectivity index (χ0n) is 11.7. The van der Waals surface area contributed by atoms with Gasteiger partial charge in [-0.1, -0.05) is 44.9 Å². The predicted molar refractivity (Wildman–Crippen MR) is 75.9 cm³/mol. The summed E-state index contributed by atoms with van der Waals surface area (Å²) in [5.74, 6) is 0.625. The number of fused-ring (bicyclic) bond motifs is 1. The van der Waals surface area contributed by atoms with Crippen molar-refractivity contribution in [1.29, 1.82) is 0 Å². The molecule has 1 aliphatic carbocycles. The van der Waals surface area contributed by atoms with Gasteiger partial charge in [0, 0.05) is 12.3 Å². The maximum Gasteiger partial charge on any atom is 0.140 e.